The molecule has 1 heterocycles. The smallest absolute Gasteiger partial charge is 0.406 e. The number of aliphatic carboxylic acids is 1. The summed E-state index contributed by atoms with van der Waals surface area (Å²) in [7, 11) is 3.35. The van der Waals surface area contributed by atoms with E-state index in [-0.39, 0.29) is 6.04 Å². The molecule has 1 saturated heterocycles. The third-order valence-electron chi connectivity index (χ3n) is 3.50. The van der Waals surface area contributed by atoms with Crippen LogP contribution in [0.1, 0.15) is 12.8 Å². The molecular formula is C12H20F3N3O3. The number of piperidine rings is 1. The molecule has 0 unspecified atom stereocenters. The van der Waals surface area contributed by atoms with Crippen LogP contribution in [-0.4, -0.2) is 84.3 Å². The topological polar surface area (TPSA) is 64.1 Å². The summed E-state index contributed by atoms with van der Waals surface area (Å²) in [4.78, 5) is 26.4. The number of hydrogen-bond donors (Lipinski definition) is 1. The fourth-order valence-electron chi connectivity index (χ4n) is 2.33. The van der Waals surface area contributed by atoms with Gasteiger partial charge in [-0.25, -0.2) is 4.79 Å². The number of urea groups is 1. The van der Waals surface area contributed by atoms with Gasteiger partial charge in [0.2, 0.25) is 0 Å². The Morgan fingerprint density at radius 3 is 2.24 bits per heavy atom. The van der Waals surface area contributed by atoms with E-state index >= 15 is 0 Å². The van der Waals surface area contributed by atoms with Gasteiger partial charge in [0.05, 0.1) is 0 Å². The molecule has 1 fully saturated rings. The first-order valence-electron chi connectivity index (χ1n) is 6.59. The van der Waals surface area contributed by atoms with Crippen molar-refractivity contribution in [3.8, 4) is 0 Å². The lowest BCUT2D eigenvalue weighted by molar-refractivity contribution is -0.149. The molecule has 2 amide bonds. The van der Waals surface area contributed by atoms with Crippen LogP contribution in [0, 0.1) is 0 Å². The fraction of sp³-hybridized carbons (Fsp3) is 0.833. The van der Waals surface area contributed by atoms with Crippen LogP contribution in [0.15, 0.2) is 0 Å². The van der Waals surface area contributed by atoms with Crippen molar-refractivity contribution in [2.75, 3.05) is 40.3 Å². The number of alkyl halides is 3. The summed E-state index contributed by atoms with van der Waals surface area (Å²) < 4.78 is 37.4. The van der Waals surface area contributed by atoms with Crippen molar-refractivity contribution in [3.05, 3.63) is 0 Å². The van der Waals surface area contributed by atoms with Crippen LogP contribution in [0.2, 0.25) is 0 Å². The van der Waals surface area contributed by atoms with Crippen LogP contribution < -0.4 is 0 Å². The van der Waals surface area contributed by atoms with Gasteiger partial charge in [-0.05, 0) is 33.0 Å². The zero-order valence-electron chi connectivity index (χ0n) is 12.1. The molecule has 9 heteroatoms. The van der Waals surface area contributed by atoms with Gasteiger partial charge in [0.15, 0.2) is 0 Å². The lowest BCUT2D eigenvalue weighted by Crippen LogP contribution is -2.52. The molecule has 0 bridgehead atoms. The van der Waals surface area contributed by atoms with Crippen molar-refractivity contribution in [1.29, 1.82) is 0 Å². The zero-order chi connectivity index (χ0) is 16.2. The van der Waals surface area contributed by atoms with E-state index in [1.165, 1.54) is 11.9 Å². The molecule has 1 N–H and O–H groups in total. The molecule has 0 aliphatic carbocycles. The highest BCUT2D eigenvalue weighted by Crippen LogP contribution is 2.20. The first-order chi connectivity index (χ1) is 9.60. The fourth-order valence-corrected chi connectivity index (χ4v) is 2.33. The molecule has 122 valence electrons. The van der Waals surface area contributed by atoms with E-state index in [0.29, 0.717) is 17.7 Å². The molecule has 1 aliphatic rings. The first-order valence-corrected chi connectivity index (χ1v) is 6.59. The Hall–Kier alpha value is -1.51. The lowest BCUT2D eigenvalue weighted by atomic mass is 10.0. The number of carbonyl (C=O) groups excluding carboxylic acids is 1. The standard InChI is InChI=1S/C12H20F3N3O3/c1-16-5-3-9(4-6-16)17(2)11(21)18(7-10(19)20)8-12(13,14)15/h9H,3-8H2,1-2H3,(H,19,20). The monoisotopic (exact) mass is 311 g/mol. The third kappa shape index (κ3) is 5.78. The summed E-state index contributed by atoms with van der Waals surface area (Å²) in [6.45, 7) is -1.02. The average Bonchev–Trinajstić information content (AvgIpc) is 2.35. The van der Waals surface area contributed by atoms with Crippen LogP contribution >= 0.6 is 0 Å². The summed E-state index contributed by atoms with van der Waals surface area (Å²) in [5, 5.41) is 8.67. The molecule has 0 aromatic carbocycles. The van der Waals surface area contributed by atoms with Gasteiger partial charge in [-0.2, -0.15) is 13.2 Å². The highest BCUT2D eigenvalue weighted by atomic mass is 19.4. The van der Waals surface area contributed by atoms with Gasteiger partial charge in [-0.1, -0.05) is 0 Å². The molecule has 21 heavy (non-hydrogen) atoms. The highest BCUT2D eigenvalue weighted by Gasteiger charge is 2.36. The van der Waals surface area contributed by atoms with Crippen LogP contribution in [0.3, 0.4) is 0 Å². The second-order valence-electron chi connectivity index (χ2n) is 5.29. The molecule has 0 aromatic rings. The van der Waals surface area contributed by atoms with Gasteiger partial charge in [0, 0.05) is 13.1 Å². The maximum atomic E-state index is 12.5. The molecule has 0 aromatic heterocycles. The van der Waals surface area contributed by atoms with Crippen molar-refractivity contribution in [2.45, 2.75) is 25.1 Å². The first kappa shape index (κ1) is 17.5. The van der Waals surface area contributed by atoms with Crippen molar-refractivity contribution >= 4 is 12.0 Å². The maximum Gasteiger partial charge on any atom is 0.406 e. The maximum absolute atomic E-state index is 12.5. The van der Waals surface area contributed by atoms with E-state index < -0.39 is 31.3 Å². The van der Waals surface area contributed by atoms with E-state index in [4.69, 9.17) is 5.11 Å². The summed E-state index contributed by atoms with van der Waals surface area (Å²) in [6, 6.07) is -1.07. The van der Waals surface area contributed by atoms with E-state index in [1.807, 2.05) is 7.05 Å². The molecule has 6 nitrogen and oxygen atoms in total. The zero-order valence-corrected chi connectivity index (χ0v) is 12.1. The van der Waals surface area contributed by atoms with Gasteiger partial charge in [0.1, 0.15) is 13.1 Å². The Balaban J connectivity index is 2.71. The number of hydrogen-bond acceptors (Lipinski definition) is 3. The predicted molar refractivity (Wildman–Crippen MR) is 68.9 cm³/mol. The minimum absolute atomic E-state index is 0.168. The van der Waals surface area contributed by atoms with Crippen LogP contribution in [0.5, 0.6) is 0 Å². The van der Waals surface area contributed by atoms with E-state index in [2.05, 4.69) is 4.90 Å². The Morgan fingerprint density at radius 1 is 1.29 bits per heavy atom. The molecule has 1 rings (SSSR count). The second-order valence-corrected chi connectivity index (χ2v) is 5.29. The van der Waals surface area contributed by atoms with Gasteiger partial charge < -0.3 is 19.8 Å². The van der Waals surface area contributed by atoms with Gasteiger partial charge in [-0.15, -0.1) is 0 Å². The largest absolute Gasteiger partial charge is 0.480 e. The number of carbonyl (C=O) groups is 2. The molecule has 1 aliphatic heterocycles. The summed E-state index contributed by atoms with van der Waals surface area (Å²) in [5.74, 6) is -1.47. The Kier molecular flexibility index (Phi) is 5.82. The summed E-state index contributed by atoms with van der Waals surface area (Å²) in [5.41, 5.74) is 0. The molecular weight excluding hydrogens is 291 g/mol. The van der Waals surface area contributed by atoms with Gasteiger partial charge >= 0.3 is 18.2 Å². The van der Waals surface area contributed by atoms with Crippen molar-refractivity contribution in [1.82, 2.24) is 14.7 Å². The number of likely N-dealkylation sites (tertiary alicyclic amines) is 1. The van der Waals surface area contributed by atoms with E-state index in [1.54, 1.807) is 0 Å². The Labute approximate surface area is 121 Å². The number of nitrogens with zero attached hydrogens (tertiary/aromatic N) is 3. The number of carboxylic acid groups (broad SMARTS) is 1. The lowest BCUT2D eigenvalue weighted by Gasteiger charge is -2.37. The average molecular weight is 311 g/mol. The highest BCUT2D eigenvalue weighted by molar-refractivity contribution is 5.80. The normalized spacial score (nSPS) is 17.6. The molecule has 0 spiro atoms. The van der Waals surface area contributed by atoms with Crippen molar-refractivity contribution in [3.63, 3.8) is 0 Å². The van der Waals surface area contributed by atoms with Crippen LogP contribution in [0.4, 0.5) is 18.0 Å². The van der Waals surface area contributed by atoms with E-state index in [9.17, 15) is 22.8 Å². The molecule has 0 radical (unpaired) electrons. The molecule has 0 atom stereocenters. The van der Waals surface area contributed by atoms with Gasteiger partial charge in [-0.3, -0.25) is 4.79 Å². The predicted octanol–water partition coefficient (Wildman–Crippen LogP) is 1.08. The number of amides is 2. The van der Waals surface area contributed by atoms with Gasteiger partial charge in [0.25, 0.3) is 0 Å². The summed E-state index contributed by atoms with van der Waals surface area (Å²) >= 11 is 0. The quantitative estimate of drug-likeness (QED) is 0.844. The number of carboxylic acids is 1. The Bertz CT molecular complexity index is 382. The van der Waals surface area contributed by atoms with E-state index in [0.717, 1.165) is 13.1 Å². The second kappa shape index (κ2) is 6.97. The molecule has 0 saturated carbocycles. The number of halogens is 3. The third-order valence-corrected chi connectivity index (χ3v) is 3.50. The van der Waals surface area contributed by atoms with Crippen LogP contribution in [0.25, 0.3) is 0 Å². The van der Waals surface area contributed by atoms with Crippen LogP contribution in [-0.2, 0) is 4.79 Å². The van der Waals surface area contributed by atoms with Crippen molar-refractivity contribution in [2.24, 2.45) is 0 Å². The number of rotatable bonds is 4. The minimum Gasteiger partial charge on any atom is -0.480 e. The Morgan fingerprint density at radius 2 is 1.81 bits per heavy atom. The SMILES string of the molecule is CN1CCC(N(C)C(=O)N(CC(=O)O)CC(F)(F)F)CC1. The van der Waals surface area contributed by atoms with Crippen molar-refractivity contribution < 1.29 is 27.9 Å². The summed E-state index contributed by atoms with van der Waals surface area (Å²) in [6.07, 6.45) is -3.31. The minimum atomic E-state index is -4.63.